The Hall–Kier alpha value is -1.93. The summed E-state index contributed by atoms with van der Waals surface area (Å²) >= 11 is 0. The number of alkyl halides is 1. The molecule has 1 N–H and O–H groups in total. The van der Waals surface area contributed by atoms with Crippen LogP contribution in [0.25, 0.3) is 0 Å². The van der Waals surface area contributed by atoms with E-state index in [2.05, 4.69) is 29.0 Å². The predicted molar refractivity (Wildman–Crippen MR) is 113 cm³/mol. The lowest BCUT2D eigenvalue weighted by atomic mass is 10.0. The minimum atomic E-state index is -0.533. The number of carbonyl (C=O) groups excluding carboxylic acids is 1. The first-order valence-electron chi connectivity index (χ1n) is 11.0. The van der Waals surface area contributed by atoms with E-state index in [1.807, 2.05) is 6.07 Å². The molecule has 0 saturated carbocycles. The van der Waals surface area contributed by atoms with Gasteiger partial charge in [0.05, 0.1) is 44.8 Å². The van der Waals surface area contributed by atoms with Crippen molar-refractivity contribution >= 4 is 11.6 Å². The number of hydrogen-bond donors (Lipinski definition) is 1. The highest BCUT2D eigenvalue weighted by Crippen LogP contribution is 2.30. The molecular weight excluding hydrogens is 389 g/mol. The zero-order valence-electron chi connectivity index (χ0n) is 18.1. The van der Waals surface area contributed by atoms with Crippen molar-refractivity contribution in [3.05, 3.63) is 17.8 Å². The summed E-state index contributed by atoms with van der Waals surface area (Å²) < 4.78 is 28.9. The third-order valence-electron chi connectivity index (χ3n) is 5.31. The summed E-state index contributed by atoms with van der Waals surface area (Å²) in [6.45, 7) is 7.82. The van der Waals surface area contributed by atoms with E-state index in [1.165, 1.54) is 0 Å². The quantitative estimate of drug-likeness (QED) is 0.521. The number of hydrogen-bond acceptors (Lipinski definition) is 6. The van der Waals surface area contributed by atoms with Crippen LogP contribution in [0.2, 0.25) is 0 Å². The van der Waals surface area contributed by atoms with Crippen LogP contribution in [0.15, 0.2) is 12.1 Å². The molecule has 2 fully saturated rings. The SMILES string of the molecule is CC(C)C[C@@H](COCCF)NC(=O)c1ccc(N2CCCC2)c(OCC2COC2)n1. The number of rotatable bonds is 12. The molecule has 0 radical (unpaired) electrons. The summed E-state index contributed by atoms with van der Waals surface area (Å²) in [4.78, 5) is 19.7. The van der Waals surface area contributed by atoms with Gasteiger partial charge in [0.1, 0.15) is 12.4 Å². The number of ether oxygens (including phenoxy) is 3. The van der Waals surface area contributed by atoms with Gasteiger partial charge in [0.25, 0.3) is 5.91 Å². The molecule has 0 aromatic carbocycles. The molecular formula is C22H34FN3O4. The van der Waals surface area contributed by atoms with E-state index in [0.717, 1.165) is 38.0 Å². The maximum Gasteiger partial charge on any atom is 0.270 e. The van der Waals surface area contributed by atoms with E-state index in [-0.39, 0.29) is 25.2 Å². The molecule has 2 aliphatic rings. The zero-order chi connectivity index (χ0) is 21.3. The lowest BCUT2D eigenvalue weighted by Gasteiger charge is -2.27. The van der Waals surface area contributed by atoms with Gasteiger partial charge < -0.3 is 24.4 Å². The summed E-state index contributed by atoms with van der Waals surface area (Å²) in [6.07, 6.45) is 3.04. The molecule has 0 aliphatic carbocycles. The Balaban J connectivity index is 1.69. The van der Waals surface area contributed by atoms with Gasteiger partial charge in [-0.1, -0.05) is 13.8 Å². The highest BCUT2D eigenvalue weighted by molar-refractivity contribution is 5.93. The average Bonchev–Trinajstić information content (AvgIpc) is 3.21. The van der Waals surface area contributed by atoms with Crippen molar-refractivity contribution < 1.29 is 23.4 Å². The van der Waals surface area contributed by atoms with Crippen LogP contribution < -0.4 is 15.0 Å². The summed E-state index contributed by atoms with van der Waals surface area (Å²) in [5, 5.41) is 2.99. The van der Waals surface area contributed by atoms with Crippen LogP contribution in [0.5, 0.6) is 5.88 Å². The maximum absolute atomic E-state index is 12.9. The van der Waals surface area contributed by atoms with Crippen LogP contribution in [0.3, 0.4) is 0 Å². The first-order chi connectivity index (χ1) is 14.6. The van der Waals surface area contributed by atoms with Gasteiger partial charge in [-0.15, -0.1) is 0 Å². The summed E-state index contributed by atoms with van der Waals surface area (Å²) in [5.41, 5.74) is 1.26. The van der Waals surface area contributed by atoms with Crippen molar-refractivity contribution in [2.45, 2.75) is 39.2 Å². The minimum absolute atomic E-state index is 0.0378. The van der Waals surface area contributed by atoms with Crippen molar-refractivity contribution in [3.63, 3.8) is 0 Å². The Kier molecular flexibility index (Phi) is 8.69. The molecule has 2 saturated heterocycles. The third-order valence-corrected chi connectivity index (χ3v) is 5.31. The minimum Gasteiger partial charge on any atom is -0.476 e. The smallest absolute Gasteiger partial charge is 0.270 e. The van der Waals surface area contributed by atoms with E-state index in [1.54, 1.807) is 6.07 Å². The Morgan fingerprint density at radius 3 is 2.73 bits per heavy atom. The van der Waals surface area contributed by atoms with Crippen LogP contribution >= 0.6 is 0 Å². The lowest BCUT2D eigenvalue weighted by Crippen LogP contribution is -2.40. The fourth-order valence-corrected chi connectivity index (χ4v) is 3.72. The van der Waals surface area contributed by atoms with Crippen molar-refractivity contribution in [2.75, 3.05) is 57.7 Å². The number of carbonyl (C=O) groups is 1. The van der Waals surface area contributed by atoms with Gasteiger partial charge in [-0.3, -0.25) is 4.79 Å². The van der Waals surface area contributed by atoms with Gasteiger partial charge in [-0.05, 0) is 37.3 Å². The van der Waals surface area contributed by atoms with Crippen molar-refractivity contribution in [2.24, 2.45) is 11.8 Å². The maximum atomic E-state index is 12.9. The number of nitrogens with one attached hydrogen (secondary N) is 1. The van der Waals surface area contributed by atoms with Crippen LogP contribution in [-0.2, 0) is 9.47 Å². The molecule has 2 aliphatic heterocycles. The molecule has 1 aromatic rings. The molecule has 0 unspecified atom stereocenters. The molecule has 7 nitrogen and oxygen atoms in total. The number of amides is 1. The number of halogens is 1. The molecule has 168 valence electrons. The highest BCUT2D eigenvalue weighted by atomic mass is 19.1. The van der Waals surface area contributed by atoms with Crippen molar-refractivity contribution in [3.8, 4) is 5.88 Å². The van der Waals surface area contributed by atoms with Gasteiger partial charge in [0.15, 0.2) is 0 Å². The normalized spacial score (nSPS) is 17.8. The molecule has 3 heterocycles. The monoisotopic (exact) mass is 423 g/mol. The second-order valence-electron chi connectivity index (χ2n) is 8.49. The van der Waals surface area contributed by atoms with Crippen molar-refractivity contribution in [1.29, 1.82) is 0 Å². The molecule has 0 spiro atoms. The number of pyridine rings is 1. The molecule has 1 aromatic heterocycles. The molecule has 8 heteroatoms. The summed E-state index contributed by atoms with van der Waals surface area (Å²) in [7, 11) is 0. The Morgan fingerprint density at radius 1 is 1.33 bits per heavy atom. The Labute approximate surface area is 178 Å². The van der Waals surface area contributed by atoms with E-state index >= 15 is 0 Å². The summed E-state index contributed by atoms with van der Waals surface area (Å²) in [6, 6.07) is 3.48. The van der Waals surface area contributed by atoms with E-state index in [0.29, 0.717) is 43.2 Å². The standard InChI is InChI=1S/C22H34FN3O4/c1-16(2)11-18(15-28-10-7-23)24-21(27)19-5-6-20(26-8-3-4-9-26)22(25-19)30-14-17-12-29-13-17/h5-6,16-18H,3-4,7-15H2,1-2H3,(H,24,27)/t18-/m0/s1. The second-order valence-corrected chi connectivity index (χ2v) is 8.49. The van der Waals surface area contributed by atoms with Crippen LogP contribution in [0.4, 0.5) is 10.1 Å². The van der Waals surface area contributed by atoms with E-state index in [4.69, 9.17) is 14.2 Å². The van der Waals surface area contributed by atoms with E-state index in [9.17, 15) is 9.18 Å². The first-order valence-corrected chi connectivity index (χ1v) is 11.0. The molecule has 1 atom stereocenters. The number of aromatic nitrogens is 1. The first kappa shape index (κ1) is 22.7. The topological polar surface area (TPSA) is 72.9 Å². The summed E-state index contributed by atoms with van der Waals surface area (Å²) in [5.74, 6) is 0.983. The fourth-order valence-electron chi connectivity index (χ4n) is 3.72. The van der Waals surface area contributed by atoms with Gasteiger partial charge in [-0.25, -0.2) is 9.37 Å². The van der Waals surface area contributed by atoms with Gasteiger partial charge in [-0.2, -0.15) is 0 Å². The van der Waals surface area contributed by atoms with Crippen molar-refractivity contribution in [1.82, 2.24) is 10.3 Å². The molecule has 1 amide bonds. The number of anilines is 1. The second kappa shape index (κ2) is 11.5. The molecule has 30 heavy (non-hydrogen) atoms. The van der Waals surface area contributed by atoms with Gasteiger partial charge >= 0.3 is 0 Å². The molecule has 0 bridgehead atoms. The molecule has 3 rings (SSSR count). The lowest BCUT2D eigenvalue weighted by molar-refractivity contribution is -0.0513. The Morgan fingerprint density at radius 2 is 2.10 bits per heavy atom. The van der Waals surface area contributed by atoms with Crippen LogP contribution in [0.1, 0.15) is 43.6 Å². The zero-order valence-corrected chi connectivity index (χ0v) is 18.1. The van der Waals surface area contributed by atoms with E-state index < -0.39 is 6.67 Å². The van der Waals surface area contributed by atoms with Gasteiger partial charge in [0.2, 0.25) is 5.88 Å². The van der Waals surface area contributed by atoms with Crippen LogP contribution in [0, 0.1) is 11.8 Å². The highest BCUT2D eigenvalue weighted by Gasteiger charge is 2.24. The fraction of sp³-hybridized carbons (Fsp3) is 0.727. The predicted octanol–water partition coefficient (Wildman–Crippen LogP) is 2.84. The van der Waals surface area contributed by atoms with Crippen LogP contribution in [-0.4, -0.2) is 69.7 Å². The Bertz CT molecular complexity index is 678. The largest absolute Gasteiger partial charge is 0.476 e. The third kappa shape index (κ3) is 6.54. The van der Waals surface area contributed by atoms with Gasteiger partial charge in [0, 0.05) is 19.0 Å². The number of nitrogens with zero attached hydrogens (tertiary/aromatic N) is 2. The average molecular weight is 424 g/mol.